The van der Waals surface area contributed by atoms with Gasteiger partial charge < -0.3 is 0 Å². The van der Waals surface area contributed by atoms with Crippen LogP contribution in [0.5, 0.6) is 0 Å². The van der Waals surface area contributed by atoms with E-state index in [1.54, 1.807) is 11.8 Å². The van der Waals surface area contributed by atoms with Crippen LogP contribution in [0, 0.1) is 0 Å². The molecule has 0 spiro atoms. The number of rotatable bonds is 12. The minimum atomic E-state index is -2.41. The first-order valence-electron chi connectivity index (χ1n) is 7.81. The molecule has 0 bridgehead atoms. The van der Waals surface area contributed by atoms with Gasteiger partial charge in [-0.15, -0.1) is 0 Å². The number of hydrogen-bond donors (Lipinski definition) is 0. The first-order chi connectivity index (χ1) is 9.51. The fourth-order valence-corrected chi connectivity index (χ4v) is 7.85. The Morgan fingerprint density at radius 3 is 2.20 bits per heavy atom. The standard InChI is InChI=1S/C15H33O3PS/c1-6-12-19(8-3,9-4,13-11-17-7-2)18-15(16)10-14-20-5/h6-14H2,1-5H3. The Morgan fingerprint density at radius 1 is 1.10 bits per heavy atom. The van der Waals surface area contributed by atoms with Gasteiger partial charge >= 0.3 is 129 Å². The molecule has 0 fully saturated rings. The molecule has 0 aromatic rings. The van der Waals surface area contributed by atoms with Crippen molar-refractivity contribution in [1.29, 1.82) is 0 Å². The van der Waals surface area contributed by atoms with Crippen LogP contribution in [0.15, 0.2) is 0 Å². The van der Waals surface area contributed by atoms with Crippen molar-refractivity contribution in [2.24, 2.45) is 0 Å². The summed E-state index contributed by atoms with van der Waals surface area (Å²) < 4.78 is 11.8. The third kappa shape index (κ3) is 5.91. The first-order valence-corrected chi connectivity index (χ1v) is 12.1. The van der Waals surface area contributed by atoms with Crippen molar-refractivity contribution in [3.63, 3.8) is 0 Å². The van der Waals surface area contributed by atoms with Gasteiger partial charge in [-0.2, -0.15) is 0 Å². The SMILES string of the molecule is CCCP(CC)(CC)(CCOCC)OC(=O)CCSC. The van der Waals surface area contributed by atoms with Gasteiger partial charge in [0.2, 0.25) is 0 Å². The summed E-state index contributed by atoms with van der Waals surface area (Å²) in [5.74, 6) is 0.835. The Balaban J connectivity index is 5.02. The monoisotopic (exact) mass is 324 g/mol. The molecule has 20 heavy (non-hydrogen) atoms. The van der Waals surface area contributed by atoms with E-state index in [0.29, 0.717) is 13.0 Å². The summed E-state index contributed by atoms with van der Waals surface area (Å²) in [5.41, 5.74) is 0. The van der Waals surface area contributed by atoms with Gasteiger partial charge in [0.15, 0.2) is 0 Å². The molecule has 0 aromatic heterocycles. The summed E-state index contributed by atoms with van der Waals surface area (Å²) in [6.45, 7) is 7.60. The van der Waals surface area contributed by atoms with Crippen LogP contribution < -0.4 is 0 Å². The molecule has 0 rings (SSSR count). The van der Waals surface area contributed by atoms with Crippen LogP contribution in [0.2, 0.25) is 0 Å². The maximum absolute atomic E-state index is 12.2. The molecule has 0 atom stereocenters. The van der Waals surface area contributed by atoms with Crippen LogP contribution in [0.25, 0.3) is 0 Å². The van der Waals surface area contributed by atoms with Gasteiger partial charge in [0.05, 0.1) is 0 Å². The summed E-state index contributed by atoms with van der Waals surface area (Å²) >= 11 is 1.69. The van der Waals surface area contributed by atoms with Crippen molar-refractivity contribution in [3.05, 3.63) is 0 Å². The van der Waals surface area contributed by atoms with Gasteiger partial charge in [-0.3, -0.25) is 0 Å². The zero-order valence-electron chi connectivity index (χ0n) is 13.9. The van der Waals surface area contributed by atoms with Crippen LogP contribution in [0.4, 0.5) is 0 Å². The summed E-state index contributed by atoms with van der Waals surface area (Å²) in [7, 11) is 0. The van der Waals surface area contributed by atoms with Crippen LogP contribution >= 0.6 is 18.6 Å². The molecule has 0 N–H and O–H groups in total. The summed E-state index contributed by atoms with van der Waals surface area (Å²) in [5, 5.41) is 0. The second-order valence-electron chi connectivity index (χ2n) is 5.34. The number of hydrogen-bond acceptors (Lipinski definition) is 4. The second kappa shape index (κ2) is 10.0. The molecule has 0 aliphatic rings. The van der Waals surface area contributed by atoms with Gasteiger partial charge in [0.25, 0.3) is 0 Å². The molecule has 5 heteroatoms. The van der Waals surface area contributed by atoms with Crippen molar-refractivity contribution in [2.45, 2.75) is 40.5 Å². The molecule has 0 aliphatic heterocycles. The number of ether oxygens (including phenoxy) is 1. The average molecular weight is 324 g/mol. The Bertz CT molecular complexity index is 280. The van der Waals surface area contributed by atoms with E-state index >= 15 is 0 Å². The van der Waals surface area contributed by atoms with Crippen LogP contribution in [-0.4, -0.2) is 55.8 Å². The zero-order valence-corrected chi connectivity index (χ0v) is 15.7. The Hall–Kier alpha value is 0.210. The van der Waals surface area contributed by atoms with Crippen molar-refractivity contribution in [3.8, 4) is 0 Å². The molecule has 0 saturated carbocycles. The first kappa shape index (κ1) is 20.2. The van der Waals surface area contributed by atoms with E-state index in [1.165, 1.54) is 0 Å². The molecule has 0 heterocycles. The van der Waals surface area contributed by atoms with E-state index < -0.39 is 6.83 Å². The molecule has 122 valence electrons. The predicted octanol–water partition coefficient (Wildman–Crippen LogP) is 4.24. The third-order valence-corrected chi connectivity index (χ3v) is 11.7. The van der Waals surface area contributed by atoms with E-state index in [4.69, 9.17) is 9.26 Å². The molecule has 0 saturated heterocycles. The van der Waals surface area contributed by atoms with Crippen LogP contribution in [-0.2, 0) is 14.1 Å². The van der Waals surface area contributed by atoms with Crippen LogP contribution in [0.1, 0.15) is 40.5 Å². The van der Waals surface area contributed by atoms with Gasteiger partial charge in [-0.05, 0) is 0 Å². The van der Waals surface area contributed by atoms with Crippen molar-refractivity contribution >= 4 is 24.6 Å². The second-order valence-corrected chi connectivity index (χ2v) is 12.4. The molecule has 0 aromatic carbocycles. The summed E-state index contributed by atoms with van der Waals surface area (Å²) in [6.07, 6.45) is 7.54. The van der Waals surface area contributed by atoms with E-state index in [1.807, 2.05) is 13.2 Å². The fraction of sp³-hybridized carbons (Fsp3) is 0.933. The van der Waals surface area contributed by atoms with Gasteiger partial charge in [0.1, 0.15) is 0 Å². The molecular weight excluding hydrogens is 291 g/mol. The Kier molecular flexibility index (Phi) is 10.1. The zero-order chi connectivity index (χ0) is 15.5. The minimum absolute atomic E-state index is 0.00864. The molecule has 3 nitrogen and oxygen atoms in total. The van der Waals surface area contributed by atoms with Crippen molar-refractivity contribution < 1.29 is 14.1 Å². The quantitative estimate of drug-likeness (QED) is 0.397. The molecule has 0 aliphatic carbocycles. The van der Waals surface area contributed by atoms with Crippen molar-refractivity contribution in [1.82, 2.24) is 0 Å². The van der Waals surface area contributed by atoms with E-state index in [9.17, 15) is 4.79 Å². The van der Waals surface area contributed by atoms with Gasteiger partial charge in [-0.25, -0.2) is 0 Å². The molecular formula is C15H33O3PS. The normalized spacial score (nSPS) is 13.8. The number of carbonyl (C=O) groups excluding carboxylic acids is 1. The third-order valence-electron chi connectivity index (χ3n) is 4.26. The van der Waals surface area contributed by atoms with E-state index in [2.05, 4.69) is 20.8 Å². The Morgan fingerprint density at radius 2 is 1.75 bits per heavy atom. The average Bonchev–Trinajstić information content (AvgIpc) is 2.46. The molecule has 0 amide bonds. The number of thioether (sulfide) groups is 1. The van der Waals surface area contributed by atoms with Crippen LogP contribution in [0.3, 0.4) is 0 Å². The summed E-state index contributed by atoms with van der Waals surface area (Å²) in [4.78, 5) is 12.2. The predicted molar refractivity (Wildman–Crippen MR) is 93.6 cm³/mol. The molecule has 0 unspecified atom stereocenters. The summed E-state index contributed by atoms with van der Waals surface area (Å²) in [6, 6.07) is 0. The van der Waals surface area contributed by atoms with Gasteiger partial charge in [-0.1, -0.05) is 0 Å². The van der Waals surface area contributed by atoms with Crippen molar-refractivity contribution in [2.75, 3.05) is 49.9 Å². The maximum atomic E-state index is 12.2. The van der Waals surface area contributed by atoms with Gasteiger partial charge in [0, 0.05) is 0 Å². The van der Waals surface area contributed by atoms with E-state index in [-0.39, 0.29) is 5.97 Å². The number of carbonyl (C=O) groups is 1. The Labute approximate surface area is 129 Å². The topological polar surface area (TPSA) is 35.5 Å². The fourth-order valence-electron chi connectivity index (χ4n) is 2.71. The van der Waals surface area contributed by atoms with E-state index in [0.717, 1.165) is 43.4 Å². The molecule has 0 radical (unpaired) electrons.